The van der Waals surface area contributed by atoms with Gasteiger partial charge >= 0.3 is 18.0 Å². The summed E-state index contributed by atoms with van der Waals surface area (Å²) in [4.78, 5) is 35.9. The number of hydrogen-bond donors (Lipinski definition) is 2. The van der Waals surface area contributed by atoms with Gasteiger partial charge in [-0.15, -0.1) is 0 Å². The van der Waals surface area contributed by atoms with Gasteiger partial charge in [0.25, 0.3) is 0 Å². The zero-order chi connectivity index (χ0) is 15.8. The van der Waals surface area contributed by atoms with Crippen molar-refractivity contribution in [3.05, 3.63) is 0 Å². The maximum Gasteiger partial charge on any atom is 0.329 e. The predicted molar refractivity (Wildman–Crippen MR) is 73.4 cm³/mol. The molecule has 0 heterocycles. The lowest BCUT2D eigenvalue weighted by Crippen LogP contribution is -2.56. The van der Waals surface area contributed by atoms with Crippen molar-refractivity contribution in [2.24, 2.45) is 0 Å². The Balaban J connectivity index is 4.88. The van der Waals surface area contributed by atoms with E-state index in [0.717, 1.165) is 0 Å². The Labute approximate surface area is 119 Å². The number of nitrogens with zero attached hydrogens (tertiary/aromatic N) is 1. The van der Waals surface area contributed by atoms with Crippen molar-refractivity contribution < 1.29 is 24.2 Å². The van der Waals surface area contributed by atoms with Crippen LogP contribution in [0.3, 0.4) is 0 Å². The number of methoxy groups -OCH3 is 1. The van der Waals surface area contributed by atoms with Crippen LogP contribution in [0.15, 0.2) is 0 Å². The maximum absolute atomic E-state index is 12.1. The van der Waals surface area contributed by atoms with Crippen LogP contribution in [0.1, 0.15) is 40.0 Å². The number of rotatable bonds is 8. The summed E-state index contributed by atoms with van der Waals surface area (Å²) in [5.41, 5.74) is -1.34. The number of carboxylic acids is 1. The van der Waals surface area contributed by atoms with E-state index >= 15 is 0 Å². The molecule has 1 unspecified atom stereocenters. The van der Waals surface area contributed by atoms with E-state index in [1.54, 1.807) is 0 Å². The van der Waals surface area contributed by atoms with Gasteiger partial charge in [-0.25, -0.2) is 9.59 Å². The second-order valence-corrected chi connectivity index (χ2v) is 4.82. The fourth-order valence-electron chi connectivity index (χ4n) is 1.78. The number of ether oxygens (including phenoxy) is 1. The van der Waals surface area contributed by atoms with Crippen LogP contribution in [0.4, 0.5) is 4.79 Å². The zero-order valence-electron chi connectivity index (χ0n) is 12.6. The van der Waals surface area contributed by atoms with E-state index < -0.39 is 23.5 Å². The van der Waals surface area contributed by atoms with E-state index in [4.69, 9.17) is 0 Å². The molecule has 20 heavy (non-hydrogen) atoms. The molecular weight excluding hydrogens is 264 g/mol. The highest BCUT2D eigenvalue weighted by atomic mass is 16.5. The fraction of sp³-hybridized carbons (Fsp3) is 0.769. The van der Waals surface area contributed by atoms with E-state index in [2.05, 4.69) is 10.1 Å². The SMILES string of the molecule is CCCN(CC(=O)OC)C(=O)NC(C)(CCC)C(=O)O. The molecule has 7 heteroatoms. The third kappa shape index (κ3) is 5.46. The molecule has 116 valence electrons. The van der Waals surface area contributed by atoms with Gasteiger partial charge in [-0.1, -0.05) is 20.3 Å². The van der Waals surface area contributed by atoms with Gasteiger partial charge in [0.15, 0.2) is 0 Å². The highest BCUT2D eigenvalue weighted by Gasteiger charge is 2.35. The van der Waals surface area contributed by atoms with Crippen LogP contribution < -0.4 is 5.32 Å². The van der Waals surface area contributed by atoms with E-state index in [1.807, 2.05) is 13.8 Å². The average Bonchev–Trinajstić information content (AvgIpc) is 2.37. The number of carbonyl (C=O) groups is 3. The molecule has 0 bridgehead atoms. The lowest BCUT2D eigenvalue weighted by molar-refractivity contribution is -0.144. The minimum atomic E-state index is -1.34. The van der Waals surface area contributed by atoms with Crippen molar-refractivity contribution >= 4 is 18.0 Å². The molecule has 0 spiro atoms. The summed E-state index contributed by atoms with van der Waals surface area (Å²) in [5.74, 6) is -1.64. The van der Waals surface area contributed by atoms with Gasteiger partial charge in [0.05, 0.1) is 7.11 Å². The fourth-order valence-corrected chi connectivity index (χ4v) is 1.78. The Kier molecular flexibility index (Phi) is 7.64. The predicted octanol–water partition coefficient (Wildman–Crippen LogP) is 1.22. The molecule has 0 aliphatic carbocycles. The molecule has 0 aromatic heterocycles. The minimum Gasteiger partial charge on any atom is -0.480 e. The Bertz CT molecular complexity index is 359. The van der Waals surface area contributed by atoms with Gasteiger partial charge in [-0.05, 0) is 19.8 Å². The number of carbonyl (C=O) groups excluding carboxylic acids is 2. The minimum absolute atomic E-state index is 0.196. The number of urea groups is 1. The first-order valence-electron chi connectivity index (χ1n) is 6.68. The van der Waals surface area contributed by atoms with E-state index in [9.17, 15) is 19.5 Å². The van der Waals surface area contributed by atoms with Gasteiger partial charge in [0, 0.05) is 6.54 Å². The van der Waals surface area contributed by atoms with Crippen molar-refractivity contribution in [2.75, 3.05) is 20.2 Å². The summed E-state index contributed by atoms with van der Waals surface area (Å²) in [6, 6.07) is -0.574. The molecule has 0 saturated heterocycles. The van der Waals surface area contributed by atoms with Crippen LogP contribution in [0, 0.1) is 0 Å². The second kappa shape index (κ2) is 8.39. The van der Waals surface area contributed by atoms with Gasteiger partial charge in [-0.3, -0.25) is 4.79 Å². The highest BCUT2D eigenvalue weighted by molar-refractivity contribution is 5.87. The molecule has 0 saturated carbocycles. The van der Waals surface area contributed by atoms with Gasteiger partial charge in [-0.2, -0.15) is 0 Å². The summed E-state index contributed by atoms with van der Waals surface area (Å²) in [5, 5.41) is 11.7. The van der Waals surface area contributed by atoms with Crippen LogP contribution in [-0.2, 0) is 14.3 Å². The highest BCUT2D eigenvalue weighted by Crippen LogP contribution is 2.13. The molecule has 2 N–H and O–H groups in total. The van der Waals surface area contributed by atoms with Crippen molar-refractivity contribution in [2.45, 2.75) is 45.6 Å². The summed E-state index contributed by atoms with van der Waals surface area (Å²) < 4.78 is 4.53. The largest absolute Gasteiger partial charge is 0.480 e. The number of esters is 1. The Morgan fingerprint density at radius 2 is 1.85 bits per heavy atom. The topological polar surface area (TPSA) is 95.9 Å². The number of amides is 2. The summed E-state index contributed by atoms with van der Waals surface area (Å²) in [6.07, 6.45) is 1.59. The van der Waals surface area contributed by atoms with Crippen LogP contribution in [0.5, 0.6) is 0 Å². The van der Waals surface area contributed by atoms with E-state index in [0.29, 0.717) is 25.8 Å². The normalized spacial score (nSPS) is 13.2. The molecule has 0 aromatic carbocycles. The molecule has 1 atom stereocenters. The Morgan fingerprint density at radius 3 is 2.25 bits per heavy atom. The number of nitrogens with one attached hydrogen (secondary N) is 1. The smallest absolute Gasteiger partial charge is 0.329 e. The molecule has 0 aliphatic heterocycles. The summed E-state index contributed by atoms with van der Waals surface area (Å²) in [7, 11) is 1.24. The van der Waals surface area contributed by atoms with Gasteiger partial charge in [0.2, 0.25) is 0 Å². The van der Waals surface area contributed by atoms with E-state index in [1.165, 1.54) is 18.9 Å². The molecule has 0 fully saturated rings. The lowest BCUT2D eigenvalue weighted by atomic mass is 9.96. The monoisotopic (exact) mass is 288 g/mol. The molecule has 7 nitrogen and oxygen atoms in total. The molecule has 2 amide bonds. The molecule has 0 radical (unpaired) electrons. The second-order valence-electron chi connectivity index (χ2n) is 4.82. The first-order valence-corrected chi connectivity index (χ1v) is 6.68. The first kappa shape index (κ1) is 18.2. The third-order valence-corrected chi connectivity index (χ3v) is 2.93. The maximum atomic E-state index is 12.1. The summed E-state index contributed by atoms with van der Waals surface area (Å²) in [6.45, 7) is 5.31. The van der Waals surface area contributed by atoms with Crippen LogP contribution in [0.2, 0.25) is 0 Å². The summed E-state index contributed by atoms with van der Waals surface area (Å²) >= 11 is 0. The standard InChI is InChI=1S/C13H24N2O5/c1-5-7-13(3,11(17)18)14-12(19)15(8-6-2)9-10(16)20-4/h5-9H2,1-4H3,(H,14,19)(H,17,18). The van der Waals surface area contributed by atoms with Crippen molar-refractivity contribution in [3.8, 4) is 0 Å². The lowest BCUT2D eigenvalue weighted by Gasteiger charge is -2.30. The Hall–Kier alpha value is -1.79. The quantitative estimate of drug-likeness (QED) is 0.655. The van der Waals surface area contributed by atoms with Crippen LogP contribution in [-0.4, -0.2) is 53.7 Å². The zero-order valence-corrected chi connectivity index (χ0v) is 12.6. The van der Waals surface area contributed by atoms with Crippen molar-refractivity contribution in [3.63, 3.8) is 0 Å². The van der Waals surface area contributed by atoms with Crippen molar-refractivity contribution in [1.82, 2.24) is 10.2 Å². The van der Waals surface area contributed by atoms with Gasteiger partial charge < -0.3 is 20.1 Å². The average molecular weight is 288 g/mol. The Morgan fingerprint density at radius 1 is 1.25 bits per heavy atom. The number of aliphatic carboxylic acids is 1. The molecular formula is C13H24N2O5. The third-order valence-electron chi connectivity index (χ3n) is 2.93. The van der Waals surface area contributed by atoms with Crippen molar-refractivity contribution in [1.29, 1.82) is 0 Å². The number of hydrogen-bond acceptors (Lipinski definition) is 4. The molecule has 0 aliphatic rings. The van der Waals surface area contributed by atoms with Crippen LogP contribution in [0.25, 0.3) is 0 Å². The van der Waals surface area contributed by atoms with E-state index in [-0.39, 0.29) is 6.54 Å². The number of carboxylic acid groups (broad SMARTS) is 1. The van der Waals surface area contributed by atoms with Crippen LogP contribution >= 0.6 is 0 Å². The molecule has 0 aromatic rings. The first-order chi connectivity index (χ1) is 9.30. The molecule has 0 rings (SSSR count). The van der Waals surface area contributed by atoms with Gasteiger partial charge in [0.1, 0.15) is 12.1 Å².